The molecule has 2 nitrogen and oxygen atoms in total. The Kier molecular flexibility index (Phi) is 5.19. The van der Waals surface area contributed by atoms with Crippen LogP contribution in [0.1, 0.15) is 37.4 Å². The normalized spacial score (nSPS) is 13.8. The Balaban J connectivity index is 2.09. The van der Waals surface area contributed by atoms with Crippen LogP contribution in [0.4, 0.5) is 0 Å². The highest BCUT2D eigenvalue weighted by Crippen LogP contribution is 2.23. The maximum absolute atomic E-state index is 6.31. The number of rotatable bonds is 6. The molecule has 0 amide bonds. The van der Waals surface area contributed by atoms with Crippen molar-refractivity contribution in [2.24, 2.45) is 11.7 Å². The molecule has 0 saturated heterocycles. The van der Waals surface area contributed by atoms with Gasteiger partial charge in [0.25, 0.3) is 0 Å². The zero-order chi connectivity index (χ0) is 14.4. The molecule has 1 unspecified atom stereocenters. The minimum atomic E-state index is -0.108. The number of benzene rings is 2. The molecule has 0 radical (unpaired) electrons. The summed E-state index contributed by atoms with van der Waals surface area (Å²) in [7, 11) is 0. The van der Waals surface area contributed by atoms with Crippen LogP contribution in [0.5, 0.6) is 5.75 Å². The molecule has 2 atom stereocenters. The Hall–Kier alpha value is -1.80. The molecule has 0 saturated carbocycles. The molecule has 2 rings (SSSR count). The van der Waals surface area contributed by atoms with Crippen LogP contribution < -0.4 is 10.5 Å². The van der Waals surface area contributed by atoms with E-state index in [9.17, 15) is 0 Å². The molecule has 0 bridgehead atoms. The summed E-state index contributed by atoms with van der Waals surface area (Å²) < 4.78 is 5.83. The fraction of sp³-hybridized carbons (Fsp3) is 0.333. The lowest BCUT2D eigenvalue weighted by Gasteiger charge is -2.15. The van der Waals surface area contributed by atoms with Gasteiger partial charge in [0, 0.05) is 0 Å². The van der Waals surface area contributed by atoms with E-state index in [2.05, 4.69) is 26.0 Å². The summed E-state index contributed by atoms with van der Waals surface area (Å²) in [5.41, 5.74) is 8.51. The molecule has 0 spiro atoms. The van der Waals surface area contributed by atoms with Crippen molar-refractivity contribution in [3.05, 3.63) is 65.7 Å². The van der Waals surface area contributed by atoms with E-state index < -0.39 is 0 Å². The fourth-order valence-electron chi connectivity index (χ4n) is 2.01. The van der Waals surface area contributed by atoms with Crippen molar-refractivity contribution >= 4 is 0 Å². The lowest BCUT2D eigenvalue weighted by Crippen LogP contribution is -2.12. The Morgan fingerprint density at radius 3 is 2.40 bits per heavy atom. The van der Waals surface area contributed by atoms with Crippen LogP contribution in [0, 0.1) is 5.92 Å². The summed E-state index contributed by atoms with van der Waals surface area (Å²) in [5, 5.41) is 0. The Labute approximate surface area is 121 Å². The largest absolute Gasteiger partial charge is 0.493 e. The van der Waals surface area contributed by atoms with E-state index in [1.807, 2.05) is 42.5 Å². The van der Waals surface area contributed by atoms with Gasteiger partial charge in [-0.1, -0.05) is 62.7 Å². The molecule has 0 aliphatic rings. The Morgan fingerprint density at radius 2 is 1.70 bits per heavy atom. The van der Waals surface area contributed by atoms with Gasteiger partial charge < -0.3 is 10.5 Å². The second-order valence-electron chi connectivity index (χ2n) is 5.29. The van der Waals surface area contributed by atoms with Crippen molar-refractivity contribution < 1.29 is 4.74 Å². The zero-order valence-electron chi connectivity index (χ0n) is 12.3. The van der Waals surface area contributed by atoms with Crippen LogP contribution in [-0.2, 0) is 0 Å². The van der Waals surface area contributed by atoms with Crippen LogP contribution >= 0.6 is 0 Å². The standard InChI is InChI=1S/C18H23NO/c1-3-14(2)13-20-17-11-7-10-16(12-17)18(19)15-8-5-4-6-9-15/h4-12,14,18H,3,13,19H2,1-2H3/t14-,18?/m0/s1. The van der Waals surface area contributed by atoms with E-state index >= 15 is 0 Å². The number of hydrogen-bond acceptors (Lipinski definition) is 2. The summed E-state index contributed by atoms with van der Waals surface area (Å²) >= 11 is 0. The van der Waals surface area contributed by atoms with E-state index in [0.29, 0.717) is 5.92 Å². The summed E-state index contributed by atoms with van der Waals surface area (Å²) in [5.74, 6) is 1.47. The van der Waals surface area contributed by atoms with Gasteiger partial charge in [0.2, 0.25) is 0 Å². The average molecular weight is 269 g/mol. The predicted molar refractivity (Wildman–Crippen MR) is 83.9 cm³/mol. The lowest BCUT2D eigenvalue weighted by atomic mass is 9.99. The highest BCUT2D eigenvalue weighted by atomic mass is 16.5. The van der Waals surface area contributed by atoms with Crippen molar-refractivity contribution in [2.45, 2.75) is 26.3 Å². The van der Waals surface area contributed by atoms with Crippen LogP contribution in [0.15, 0.2) is 54.6 Å². The predicted octanol–water partition coefficient (Wildman–Crippen LogP) is 4.16. The van der Waals surface area contributed by atoms with Gasteiger partial charge in [-0.3, -0.25) is 0 Å². The minimum Gasteiger partial charge on any atom is -0.493 e. The van der Waals surface area contributed by atoms with Crippen molar-refractivity contribution in [3.8, 4) is 5.75 Å². The Morgan fingerprint density at radius 1 is 1.00 bits per heavy atom. The summed E-state index contributed by atoms with van der Waals surface area (Å²) in [4.78, 5) is 0. The highest BCUT2D eigenvalue weighted by molar-refractivity contribution is 5.36. The first kappa shape index (κ1) is 14.6. The summed E-state index contributed by atoms with van der Waals surface area (Å²) in [6, 6.07) is 18.1. The third-order valence-corrected chi connectivity index (χ3v) is 3.61. The first-order valence-corrected chi connectivity index (χ1v) is 7.24. The average Bonchev–Trinajstić information content (AvgIpc) is 2.53. The number of hydrogen-bond donors (Lipinski definition) is 1. The van der Waals surface area contributed by atoms with Crippen molar-refractivity contribution in [3.63, 3.8) is 0 Å². The van der Waals surface area contributed by atoms with E-state index in [1.165, 1.54) is 0 Å². The Bertz CT molecular complexity index is 524. The topological polar surface area (TPSA) is 35.2 Å². The number of nitrogens with two attached hydrogens (primary N) is 1. The monoisotopic (exact) mass is 269 g/mol. The molecule has 0 aromatic heterocycles. The number of ether oxygens (including phenoxy) is 1. The first-order valence-electron chi connectivity index (χ1n) is 7.24. The van der Waals surface area contributed by atoms with Gasteiger partial charge in [0.15, 0.2) is 0 Å². The van der Waals surface area contributed by atoms with E-state index in [-0.39, 0.29) is 6.04 Å². The van der Waals surface area contributed by atoms with E-state index in [0.717, 1.165) is 29.9 Å². The highest BCUT2D eigenvalue weighted by Gasteiger charge is 2.09. The minimum absolute atomic E-state index is 0.108. The molecule has 0 heterocycles. The third kappa shape index (κ3) is 3.84. The molecule has 2 aromatic rings. The van der Waals surface area contributed by atoms with Gasteiger partial charge in [0.1, 0.15) is 5.75 Å². The maximum Gasteiger partial charge on any atom is 0.119 e. The second-order valence-corrected chi connectivity index (χ2v) is 5.29. The van der Waals surface area contributed by atoms with Gasteiger partial charge in [-0.15, -0.1) is 0 Å². The van der Waals surface area contributed by atoms with Gasteiger partial charge in [-0.05, 0) is 29.2 Å². The van der Waals surface area contributed by atoms with Gasteiger partial charge in [-0.25, -0.2) is 0 Å². The molecule has 20 heavy (non-hydrogen) atoms. The van der Waals surface area contributed by atoms with Crippen molar-refractivity contribution in [2.75, 3.05) is 6.61 Å². The molecule has 106 valence electrons. The van der Waals surface area contributed by atoms with Crippen molar-refractivity contribution in [1.82, 2.24) is 0 Å². The lowest BCUT2D eigenvalue weighted by molar-refractivity contribution is 0.256. The van der Waals surface area contributed by atoms with Gasteiger partial charge in [0.05, 0.1) is 12.6 Å². The van der Waals surface area contributed by atoms with Crippen LogP contribution in [0.25, 0.3) is 0 Å². The van der Waals surface area contributed by atoms with E-state index in [4.69, 9.17) is 10.5 Å². The van der Waals surface area contributed by atoms with Crippen LogP contribution in [0.2, 0.25) is 0 Å². The molecule has 2 N–H and O–H groups in total. The van der Waals surface area contributed by atoms with Crippen LogP contribution in [-0.4, -0.2) is 6.61 Å². The maximum atomic E-state index is 6.31. The smallest absolute Gasteiger partial charge is 0.119 e. The first-order chi connectivity index (χ1) is 9.70. The zero-order valence-corrected chi connectivity index (χ0v) is 12.3. The van der Waals surface area contributed by atoms with Crippen LogP contribution in [0.3, 0.4) is 0 Å². The second kappa shape index (κ2) is 7.11. The summed E-state index contributed by atoms with van der Waals surface area (Å²) in [6.07, 6.45) is 1.13. The van der Waals surface area contributed by atoms with E-state index in [1.54, 1.807) is 0 Å². The molecule has 0 aliphatic carbocycles. The van der Waals surface area contributed by atoms with Crippen molar-refractivity contribution in [1.29, 1.82) is 0 Å². The van der Waals surface area contributed by atoms with Gasteiger partial charge >= 0.3 is 0 Å². The quantitative estimate of drug-likeness (QED) is 0.854. The fourth-order valence-corrected chi connectivity index (χ4v) is 2.01. The SMILES string of the molecule is CC[C@H](C)COc1cccc(C(N)c2ccccc2)c1. The molecular weight excluding hydrogens is 246 g/mol. The molecule has 0 aliphatic heterocycles. The molecule has 0 fully saturated rings. The molecule has 2 aromatic carbocycles. The van der Waals surface area contributed by atoms with Gasteiger partial charge in [-0.2, -0.15) is 0 Å². The molecule has 2 heteroatoms. The summed E-state index contributed by atoms with van der Waals surface area (Å²) in [6.45, 7) is 5.12. The molecular formula is C18H23NO. The third-order valence-electron chi connectivity index (χ3n) is 3.61.